The number of benzene rings is 2. The maximum atomic E-state index is 14.2. The number of rotatable bonds is 12. The first kappa shape index (κ1) is 27.3. The Morgan fingerprint density at radius 2 is 1.62 bits per heavy atom. The third-order valence-corrected chi connectivity index (χ3v) is 6.50. The predicted molar refractivity (Wildman–Crippen MR) is 132 cm³/mol. The average molecular weight is 492 g/mol. The molecule has 2 rings (SSSR count). The van der Waals surface area contributed by atoms with E-state index in [9.17, 15) is 22.4 Å². The van der Waals surface area contributed by atoms with Crippen LogP contribution in [0.2, 0.25) is 0 Å². The summed E-state index contributed by atoms with van der Waals surface area (Å²) in [5.74, 6) is -0.907. The molecule has 9 heteroatoms. The number of hydrogen-bond donors (Lipinski definition) is 1. The second kappa shape index (κ2) is 12.5. The van der Waals surface area contributed by atoms with E-state index in [0.717, 1.165) is 16.1 Å². The average Bonchev–Trinajstić information content (AvgIpc) is 2.78. The fraction of sp³-hybridized carbons (Fsp3) is 0.440. The van der Waals surface area contributed by atoms with Gasteiger partial charge >= 0.3 is 0 Å². The summed E-state index contributed by atoms with van der Waals surface area (Å²) in [5.41, 5.74) is 0.823. The van der Waals surface area contributed by atoms with Crippen molar-refractivity contribution in [3.8, 4) is 0 Å². The fourth-order valence-electron chi connectivity index (χ4n) is 3.45. The molecule has 0 saturated heterocycles. The number of nitrogens with zero attached hydrogens (tertiary/aromatic N) is 2. The third kappa shape index (κ3) is 8.13. The van der Waals surface area contributed by atoms with Gasteiger partial charge in [-0.05, 0) is 37.0 Å². The van der Waals surface area contributed by atoms with E-state index in [1.807, 2.05) is 44.2 Å². The summed E-state index contributed by atoms with van der Waals surface area (Å²) in [5, 5.41) is 2.86. The van der Waals surface area contributed by atoms with Gasteiger partial charge in [-0.2, -0.15) is 0 Å². The summed E-state index contributed by atoms with van der Waals surface area (Å²) in [6.45, 7) is 6.35. The minimum Gasteiger partial charge on any atom is -0.354 e. The molecule has 186 valence electrons. The van der Waals surface area contributed by atoms with Gasteiger partial charge in [-0.1, -0.05) is 56.3 Å². The number of nitrogens with one attached hydrogen (secondary N) is 1. The van der Waals surface area contributed by atoms with E-state index < -0.39 is 21.9 Å². The molecule has 0 spiro atoms. The van der Waals surface area contributed by atoms with Gasteiger partial charge in [0, 0.05) is 26.1 Å². The van der Waals surface area contributed by atoms with Crippen LogP contribution in [0.15, 0.2) is 54.6 Å². The summed E-state index contributed by atoms with van der Waals surface area (Å²) in [7, 11) is -3.75. The van der Waals surface area contributed by atoms with Crippen LogP contribution >= 0.6 is 0 Å². The molecule has 0 aliphatic rings. The molecule has 34 heavy (non-hydrogen) atoms. The van der Waals surface area contributed by atoms with Gasteiger partial charge in [-0.3, -0.25) is 13.9 Å². The zero-order valence-electron chi connectivity index (χ0n) is 20.2. The first-order valence-electron chi connectivity index (χ1n) is 11.3. The maximum Gasteiger partial charge on any atom is 0.242 e. The Balaban J connectivity index is 2.14. The predicted octanol–water partition coefficient (Wildman–Crippen LogP) is 3.56. The van der Waals surface area contributed by atoms with Crippen molar-refractivity contribution in [2.75, 3.05) is 23.7 Å². The first-order chi connectivity index (χ1) is 16.0. The van der Waals surface area contributed by atoms with Crippen LogP contribution < -0.4 is 9.62 Å². The summed E-state index contributed by atoms with van der Waals surface area (Å²) in [6.07, 6.45) is 1.19. The van der Waals surface area contributed by atoms with Crippen LogP contribution in [0.4, 0.5) is 10.1 Å². The highest BCUT2D eigenvalue weighted by Crippen LogP contribution is 2.22. The van der Waals surface area contributed by atoms with E-state index in [1.165, 1.54) is 23.1 Å². The molecule has 0 radical (unpaired) electrons. The SMILES string of the molecule is CC(C)CNC(=O)C(C)N(Cc1ccccc1)C(=O)CCCN(c1ccccc1F)S(C)(=O)=O. The highest BCUT2D eigenvalue weighted by molar-refractivity contribution is 7.92. The normalized spacial score (nSPS) is 12.3. The lowest BCUT2D eigenvalue weighted by Crippen LogP contribution is -2.48. The molecule has 0 fully saturated rings. The Hall–Kier alpha value is -2.94. The van der Waals surface area contributed by atoms with E-state index in [2.05, 4.69) is 5.32 Å². The minimum absolute atomic E-state index is 0.00903. The third-order valence-electron chi connectivity index (χ3n) is 5.32. The van der Waals surface area contributed by atoms with Crippen LogP contribution in [0.3, 0.4) is 0 Å². The lowest BCUT2D eigenvalue weighted by Gasteiger charge is -2.29. The van der Waals surface area contributed by atoms with Gasteiger partial charge < -0.3 is 10.2 Å². The number of sulfonamides is 1. The van der Waals surface area contributed by atoms with E-state index >= 15 is 0 Å². The number of para-hydroxylation sites is 1. The van der Waals surface area contributed by atoms with Gasteiger partial charge in [-0.25, -0.2) is 12.8 Å². The molecule has 1 unspecified atom stereocenters. The van der Waals surface area contributed by atoms with Gasteiger partial charge in [0.2, 0.25) is 21.8 Å². The van der Waals surface area contributed by atoms with Gasteiger partial charge in [-0.15, -0.1) is 0 Å². The van der Waals surface area contributed by atoms with Crippen LogP contribution in [0.1, 0.15) is 39.2 Å². The van der Waals surface area contributed by atoms with Gasteiger partial charge in [0.15, 0.2) is 0 Å². The van der Waals surface area contributed by atoms with E-state index in [0.29, 0.717) is 6.54 Å². The van der Waals surface area contributed by atoms with Crippen LogP contribution in [0.25, 0.3) is 0 Å². The molecule has 0 aromatic heterocycles. The van der Waals surface area contributed by atoms with Crippen molar-refractivity contribution < 1.29 is 22.4 Å². The number of halogens is 1. The highest BCUT2D eigenvalue weighted by Gasteiger charge is 2.27. The number of carbonyl (C=O) groups excluding carboxylic acids is 2. The topological polar surface area (TPSA) is 86.8 Å². The van der Waals surface area contributed by atoms with Crippen molar-refractivity contribution in [1.29, 1.82) is 0 Å². The summed E-state index contributed by atoms with van der Waals surface area (Å²) in [4.78, 5) is 27.4. The lowest BCUT2D eigenvalue weighted by atomic mass is 10.1. The van der Waals surface area contributed by atoms with Crippen molar-refractivity contribution >= 4 is 27.5 Å². The van der Waals surface area contributed by atoms with E-state index in [1.54, 1.807) is 13.0 Å². The van der Waals surface area contributed by atoms with E-state index in [4.69, 9.17) is 0 Å². The van der Waals surface area contributed by atoms with Crippen molar-refractivity contribution in [2.45, 2.75) is 46.2 Å². The van der Waals surface area contributed by atoms with Crippen LogP contribution in [-0.4, -0.2) is 50.5 Å². The van der Waals surface area contributed by atoms with Crippen molar-refractivity contribution in [3.05, 3.63) is 66.0 Å². The first-order valence-corrected chi connectivity index (χ1v) is 13.2. The van der Waals surface area contributed by atoms with Gasteiger partial charge in [0.1, 0.15) is 11.9 Å². The molecule has 7 nitrogen and oxygen atoms in total. The number of anilines is 1. The second-order valence-electron chi connectivity index (χ2n) is 8.71. The molecule has 0 bridgehead atoms. The second-order valence-corrected chi connectivity index (χ2v) is 10.6. The van der Waals surface area contributed by atoms with Gasteiger partial charge in [0.25, 0.3) is 0 Å². The molecule has 0 heterocycles. The molecule has 2 amide bonds. The van der Waals surface area contributed by atoms with Gasteiger partial charge in [0.05, 0.1) is 11.9 Å². The molecular weight excluding hydrogens is 457 g/mol. The van der Waals surface area contributed by atoms with Crippen LogP contribution in [0, 0.1) is 11.7 Å². The Morgan fingerprint density at radius 3 is 2.21 bits per heavy atom. The fourth-order valence-corrected chi connectivity index (χ4v) is 4.42. The standard InChI is InChI=1S/C25H34FN3O4S/c1-19(2)17-27-25(31)20(3)28(18-21-11-6-5-7-12-21)24(30)15-10-16-29(34(4,32)33)23-14-9-8-13-22(23)26/h5-9,11-14,19-20H,10,15-18H2,1-4H3,(H,27,31). The summed E-state index contributed by atoms with van der Waals surface area (Å²) in [6, 6.07) is 14.3. The van der Waals surface area contributed by atoms with Crippen molar-refractivity contribution in [2.24, 2.45) is 5.92 Å². The molecule has 1 atom stereocenters. The Morgan fingerprint density at radius 1 is 1.00 bits per heavy atom. The maximum absolute atomic E-state index is 14.2. The minimum atomic E-state index is -3.75. The van der Waals surface area contributed by atoms with E-state index in [-0.39, 0.29) is 49.4 Å². The smallest absolute Gasteiger partial charge is 0.242 e. The quantitative estimate of drug-likeness (QED) is 0.492. The number of amides is 2. The molecule has 2 aromatic rings. The Kier molecular flexibility index (Phi) is 10.0. The van der Waals surface area contributed by atoms with Crippen molar-refractivity contribution in [3.63, 3.8) is 0 Å². The zero-order chi connectivity index (χ0) is 25.3. The molecule has 0 aliphatic carbocycles. The largest absolute Gasteiger partial charge is 0.354 e. The molecule has 2 aromatic carbocycles. The summed E-state index contributed by atoms with van der Waals surface area (Å²) >= 11 is 0. The molecule has 0 saturated carbocycles. The Labute approximate surface area is 202 Å². The molecular formula is C25H34FN3O4S. The number of hydrogen-bond acceptors (Lipinski definition) is 4. The molecule has 1 N–H and O–H groups in total. The van der Waals surface area contributed by atoms with Crippen LogP contribution in [0.5, 0.6) is 0 Å². The highest BCUT2D eigenvalue weighted by atomic mass is 32.2. The number of carbonyl (C=O) groups is 2. The molecule has 0 aliphatic heterocycles. The zero-order valence-corrected chi connectivity index (χ0v) is 21.0. The summed E-state index contributed by atoms with van der Waals surface area (Å²) < 4.78 is 39.7. The van der Waals surface area contributed by atoms with Crippen LogP contribution in [-0.2, 0) is 26.2 Å². The Bertz CT molecular complexity index is 1060. The van der Waals surface area contributed by atoms with Crippen molar-refractivity contribution in [1.82, 2.24) is 10.2 Å². The lowest BCUT2D eigenvalue weighted by molar-refractivity contribution is -0.140. The monoisotopic (exact) mass is 491 g/mol.